The summed E-state index contributed by atoms with van der Waals surface area (Å²) in [7, 11) is 0. The number of thioether (sulfide) groups is 1. The van der Waals surface area contributed by atoms with Gasteiger partial charge in [-0.2, -0.15) is 0 Å². The zero-order valence-corrected chi connectivity index (χ0v) is 12.1. The number of aromatic nitrogens is 1. The van der Waals surface area contributed by atoms with Gasteiger partial charge in [0.15, 0.2) is 5.76 Å². The minimum atomic E-state index is -0.392. The molecule has 0 aliphatic heterocycles. The van der Waals surface area contributed by atoms with Gasteiger partial charge in [-0.25, -0.2) is 0 Å². The van der Waals surface area contributed by atoms with E-state index in [9.17, 15) is 4.79 Å². The van der Waals surface area contributed by atoms with E-state index in [4.69, 9.17) is 10.3 Å². The van der Waals surface area contributed by atoms with Crippen molar-refractivity contribution in [2.24, 2.45) is 5.73 Å². The molecule has 18 heavy (non-hydrogen) atoms. The average Bonchev–Trinajstić information content (AvgIpc) is 2.91. The number of nitrogens with zero attached hydrogens (tertiary/aromatic N) is 1. The smallest absolute Gasteiger partial charge is 0.259 e. The molecule has 0 spiro atoms. The van der Waals surface area contributed by atoms with Crippen LogP contribution in [0.2, 0.25) is 0 Å². The largest absolute Gasteiger partial charge is 0.365 e. The Kier molecular flexibility index (Phi) is 3.77. The van der Waals surface area contributed by atoms with E-state index in [1.807, 2.05) is 20.1 Å². The molecule has 2 aromatic heterocycles. The van der Waals surface area contributed by atoms with Crippen LogP contribution >= 0.6 is 23.1 Å². The maximum atomic E-state index is 11.4. The van der Waals surface area contributed by atoms with Crippen molar-refractivity contribution in [1.82, 2.24) is 5.16 Å². The number of amides is 1. The van der Waals surface area contributed by atoms with Crippen LogP contribution in [0, 0.1) is 6.92 Å². The first-order valence-corrected chi connectivity index (χ1v) is 7.55. The number of carbonyl (C=O) groups excluding carboxylic acids is 1. The highest BCUT2D eigenvalue weighted by Gasteiger charge is 2.23. The van der Waals surface area contributed by atoms with E-state index >= 15 is 0 Å². The average molecular weight is 282 g/mol. The molecule has 1 amide bonds. The lowest BCUT2D eigenvalue weighted by Gasteiger charge is -2.01. The van der Waals surface area contributed by atoms with Gasteiger partial charge in [-0.05, 0) is 25.2 Å². The normalized spacial score (nSPS) is 10.8. The Hall–Kier alpha value is -1.27. The van der Waals surface area contributed by atoms with Crippen LogP contribution in [0.4, 0.5) is 0 Å². The molecule has 0 radical (unpaired) electrons. The quantitative estimate of drug-likeness (QED) is 0.875. The summed E-state index contributed by atoms with van der Waals surface area (Å²) in [6.07, 6.45) is 4.54. The highest BCUT2D eigenvalue weighted by atomic mass is 32.2. The molecule has 0 unspecified atom stereocenters. The lowest BCUT2D eigenvalue weighted by Crippen LogP contribution is -2.10. The molecule has 0 atom stereocenters. The van der Waals surface area contributed by atoms with Crippen molar-refractivity contribution in [3.8, 4) is 11.3 Å². The topological polar surface area (TPSA) is 69.1 Å². The number of aryl methyl sites for hydroxylation is 1. The van der Waals surface area contributed by atoms with Crippen molar-refractivity contribution in [1.29, 1.82) is 0 Å². The summed E-state index contributed by atoms with van der Waals surface area (Å²) in [6.45, 7) is 3.94. The van der Waals surface area contributed by atoms with Crippen LogP contribution in [0.5, 0.6) is 0 Å². The minimum absolute atomic E-state index is 0.392. The second kappa shape index (κ2) is 5.16. The van der Waals surface area contributed by atoms with Gasteiger partial charge in [-0.1, -0.05) is 12.1 Å². The Balaban J connectivity index is 2.66. The number of carbonyl (C=O) groups is 1. The van der Waals surface area contributed by atoms with Crippen LogP contribution in [-0.2, 0) is 6.42 Å². The van der Waals surface area contributed by atoms with Gasteiger partial charge in [-0.15, -0.1) is 23.1 Å². The van der Waals surface area contributed by atoms with Gasteiger partial charge in [-0.3, -0.25) is 4.79 Å². The highest BCUT2D eigenvalue weighted by Crippen LogP contribution is 2.42. The van der Waals surface area contributed by atoms with Gasteiger partial charge in [0, 0.05) is 11.1 Å². The van der Waals surface area contributed by atoms with Gasteiger partial charge in [0.1, 0.15) is 0 Å². The monoisotopic (exact) mass is 282 g/mol. The number of hydrogen-bond donors (Lipinski definition) is 1. The molecular weight excluding hydrogens is 268 g/mol. The van der Waals surface area contributed by atoms with Crippen molar-refractivity contribution in [2.45, 2.75) is 24.5 Å². The summed E-state index contributed by atoms with van der Waals surface area (Å²) in [4.78, 5) is 12.0. The lowest BCUT2D eigenvalue weighted by atomic mass is 10.1. The fourth-order valence-corrected chi connectivity index (χ4v) is 3.77. The second-order valence-electron chi connectivity index (χ2n) is 3.82. The first-order chi connectivity index (χ1) is 8.60. The zero-order valence-electron chi connectivity index (χ0n) is 10.4. The molecule has 0 saturated carbocycles. The standard InChI is InChI=1S/C12H14N2O2S2/c1-4-7-5-14-16-9(7)8-6(2)10(11(13)15)18-12(8)17-3/h5H,4H2,1-3H3,(H2,13,15). The van der Waals surface area contributed by atoms with E-state index in [0.29, 0.717) is 4.88 Å². The van der Waals surface area contributed by atoms with Crippen molar-refractivity contribution >= 4 is 29.0 Å². The maximum absolute atomic E-state index is 11.4. The molecule has 2 rings (SSSR count). The summed E-state index contributed by atoms with van der Waals surface area (Å²) in [5.41, 5.74) is 8.27. The van der Waals surface area contributed by atoms with Crippen LogP contribution in [-0.4, -0.2) is 17.3 Å². The molecule has 0 aromatic carbocycles. The molecule has 0 fully saturated rings. The maximum Gasteiger partial charge on any atom is 0.259 e. The van der Waals surface area contributed by atoms with E-state index in [-0.39, 0.29) is 0 Å². The van der Waals surface area contributed by atoms with E-state index < -0.39 is 5.91 Å². The molecule has 4 nitrogen and oxygen atoms in total. The molecule has 2 N–H and O–H groups in total. The second-order valence-corrected chi connectivity index (χ2v) is 5.92. The number of hydrogen-bond acceptors (Lipinski definition) is 5. The Morgan fingerprint density at radius 2 is 2.33 bits per heavy atom. The van der Waals surface area contributed by atoms with Crippen LogP contribution < -0.4 is 5.73 Å². The molecule has 96 valence electrons. The Bertz CT molecular complexity index is 587. The number of thiophene rings is 1. The summed E-state index contributed by atoms with van der Waals surface area (Å²) < 4.78 is 6.38. The van der Waals surface area contributed by atoms with E-state index in [0.717, 1.165) is 33.1 Å². The summed E-state index contributed by atoms with van der Waals surface area (Å²) in [6, 6.07) is 0. The van der Waals surface area contributed by atoms with Crippen LogP contribution in [0.15, 0.2) is 14.9 Å². The summed E-state index contributed by atoms with van der Waals surface area (Å²) in [5.74, 6) is 0.361. The minimum Gasteiger partial charge on any atom is -0.365 e. The van der Waals surface area contributed by atoms with Crippen LogP contribution in [0.1, 0.15) is 27.7 Å². The number of primary amides is 1. The number of rotatable bonds is 4. The molecular formula is C12H14N2O2S2. The van der Waals surface area contributed by atoms with Crippen LogP contribution in [0.25, 0.3) is 11.3 Å². The van der Waals surface area contributed by atoms with Crippen molar-refractivity contribution in [2.75, 3.05) is 6.26 Å². The van der Waals surface area contributed by atoms with Crippen molar-refractivity contribution < 1.29 is 9.32 Å². The fraction of sp³-hybridized carbons (Fsp3) is 0.333. The van der Waals surface area contributed by atoms with Gasteiger partial charge in [0.25, 0.3) is 5.91 Å². The fourth-order valence-electron chi connectivity index (χ4n) is 1.85. The van der Waals surface area contributed by atoms with E-state index in [1.165, 1.54) is 11.3 Å². The third-order valence-electron chi connectivity index (χ3n) is 2.78. The van der Waals surface area contributed by atoms with Gasteiger partial charge in [0.2, 0.25) is 0 Å². The first kappa shape index (κ1) is 13.2. The molecule has 6 heteroatoms. The Morgan fingerprint density at radius 1 is 1.61 bits per heavy atom. The van der Waals surface area contributed by atoms with Crippen LogP contribution in [0.3, 0.4) is 0 Å². The predicted molar refractivity (Wildman–Crippen MR) is 74.2 cm³/mol. The number of nitrogens with two attached hydrogens (primary N) is 1. The molecule has 0 aliphatic carbocycles. The van der Waals surface area contributed by atoms with E-state index in [1.54, 1.807) is 18.0 Å². The summed E-state index contributed by atoms with van der Waals surface area (Å²) in [5, 5.41) is 3.84. The van der Waals surface area contributed by atoms with Gasteiger partial charge < -0.3 is 10.3 Å². The Morgan fingerprint density at radius 3 is 2.89 bits per heavy atom. The third-order valence-corrected chi connectivity index (χ3v) is 5.20. The molecule has 0 saturated heterocycles. The SMILES string of the molecule is CCc1cnoc1-c1c(SC)sc(C(N)=O)c1C. The van der Waals surface area contributed by atoms with Gasteiger partial charge in [0.05, 0.1) is 15.3 Å². The first-order valence-electron chi connectivity index (χ1n) is 5.51. The highest BCUT2D eigenvalue weighted by molar-refractivity contribution is 8.00. The Labute approximate surface area is 114 Å². The zero-order chi connectivity index (χ0) is 13.3. The lowest BCUT2D eigenvalue weighted by molar-refractivity contribution is 0.100. The van der Waals surface area contributed by atoms with Crippen molar-refractivity contribution in [3.05, 3.63) is 22.2 Å². The molecule has 2 heterocycles. The molecule has 0 aliphatic rings. The third kappa shape index (κ3) is 2.06. The van der Waals surface area contributed by atoms with Crippen molar-refractivity contribution in [3.63, 3.8) is 0 Å². The molecule has 0 bridgehead atoms. The summed E-state index contributed by atoms with van der Waals surface area (Å²) >= 11 is 3.00. The van der Waals surface area contributed by atoms with E-state index in [2.05, 4.69) is 5.16 Å². The molecule has 2 aromatic rings. The predicted octanol–water partition coefficient (Wildman–Crippen LogP) is 3.09. The van der Waals surface area contributed by atoms with Gasteiger partial charge >= 0.3 is 0 Å².